The summed E-state index contributed by atoms with van der Waals surface area (Å²) in [6, 6.07) is 0. The van der Waals surface area contributed by atoms with E-state index in [0.29, 0.717) is 0 Å². The van der Waals surface area contributed by atoms with Gasteiger partial charge in [0.25, 0.3) is 0 Å². The van der Waals surface area contributed by atoms with E-state index in [9.17, 15) is 0 Å². The summed E-state index contributed by atoms with van der Waals surface area (Å²) in [6.07, 6.45) is 0. The Morgan fingerprint density at radius 2 is 1.50 bits per heavy atom. The smallest absolute Gasteiger partial charge is 0.0741 e. The molecule has 0 saturated carbocycles. The minimum Gasteiger partial charge on any atom is -0.313 e. The van der Waals surface area contributed by atoms with Crippen LogP contribution in [0.5, 0.6) is 0 Å². The fraction of sp³-hybridized carbons (Fsp3) is 1.00. The van der Waals surface area contributed by atoms with Gasteiger partial charge in [0.2, 0.25) is 0 Å². The van der Waals surface area contributed by atoms with Gasteiger partial charge in [0.1, 0.15) is 0 Å². The van der Waals surface area contributed by atoms with Crippen molar-refractivity contribution in [3.8, 4) is 0 Å². The van der Waals surface area contributed by atoms with Gasteiger partial charge in [0.05, 0.1) is 5.60 Å². The van der Waals surface area contributed by atoms with Gasteiger partial charge in [0, 0.05) is 0 Å². The average molecular weight is 106 g/mol. The molecule has 0 aliphatic rings. The number of hydrogen-bond acceptors (Lipinski definition) is 2. The van der Waals surface area contributed by atoms with E-state index in [1.807, 2.05) is 20.8 Å². The Labute approximate surface area is 44.3 Å². The van der Waals surface area contributed by atoms with Crippen LogP contribution in [0.15, 0.2) is 0 Å². The highest BCUT2D eigenvalue weighted by atomic mass is 32.1. The van der Waals surface area contributed by atoms with Crippen LogP contribution in [-0.4, -0.2) is 5.60 Å². The highest BCUT2D eigenvalue weighted by Crippen LogP contribution is 2.06. The molecule has 0 saturated heterocycles. The van der Waals surface area contributed by atoms with E-state index in [4.69, 9.17) is 0 Å². The molecule has 0 aliphatic carbocycles. The molecule has 0 heterocycles. The summed E-state index contributed by atoms with van der Waals surface area (Å²) in [5.41, 5.74) is -0.0941. The minimum atomic E-state index is -0.0941. The first-order valence-corrected chi connectivity index (χ1v) is 2.25. The van der Waals surface area contributed by atoms with Crippen LogP contribution in [0.3, 0.4) is 0 Å². The van der Waals surface area contributed by atoms with Crippen molar-refractivity contribution in [2.24, 2.45) is 0 Å². The van der Waals surface area contributed by atoms with E-state index >= 15 is 0 Å². The van der Waals surface area contributed by atoms with Crippen molar-refractivity contribution in [3.05, 3.63) is 0 Å². The third kappa shape index (κ3) is 4.31. The van der Waals surface area contributed by atoms with Crippen molar-refractivity contribution in [1.82, 2.24) is 0 Å². The molecule has 0 fully saturated rings. The Balaban J connectivity index is 3.17. The number of rotatable bonds is 0. The summed E-state index contributed by atoms with van der Waals surface area (Å²) in [5, 5.41) is 0. The second-order valence-corrected chi connectivity index (χ2v) is 2.39. The molecule has 0 aromatic carbocycles. The highest BCUT2D eigenvalue weighted by molar-refractivity contribution is 7.75. The molecule has 0 unspecified atom stereocenters. The summed E-state index contributed by atoms with van der Waals surface area (Å²) in [4.78, 5) is 0. The topological polar surface area (TPSA) is 9.23 Å². The molecular formula is C4H10OS. The zero-order chi connectivity index (χ0) is 5.21. The second-order valence-electron chi connectivity index (χ2n) is 2.20. The Kier molecular flexibility index (Phi) is 1.94. The van der Waals surface area contributed by atoms with E-state index in [-0.39, 0.29) is 5.60 Å². The lowest BCUT2D eigenvalue weighted by Gasteiger charge is -2.12. The van der Waals surface area contributed by atoms with Crippen LogP contribution in [0, 0.1) is 0 Å². The molecule has 38 valence electrons. The van der Waals surface area contributed by atoms with Gasteiger partial charge < -0.3 is 4.18 Å². The second kappa shape index (κ2) is 1.85. The summed E-state index contributed by atoms with van der Waals surface area (Å²) in [7, 11) is 0. The largest absolute Gasteiger partial charge is 0.313 e. The maximum Gasteiger partial charge on any atom is 0.0741 e. The predicted molar refractivity (Wildman–Crippen MR) is 29.8 cm³/mol. The molecule has 1 nitrogen and oxygen atoms in total. The van der Waals surface area contributed by atoms with E-state index in [1.165, 1.54) is 0 Å². The third-order valence-electron chi connectivity index (χ3n) is 0.274. The van der Waals surface area contributed by atoms with Gasteiger partial charge >= 0.3 is 0 Å². The number of thiol groups is 1. The van der Waals surface area contributed by atoms with Gasteiger partial charge in [-0.05, 0) is 33.7 Å². The first kappa shape index (κ1) is 6.31. The van der Waals surface area contributed by atoms with Crippen molar-refractivity contribution in [2.75, 3.05) is 0 Å². The summed E-state index contributed by atoms with van der Waals surface area (Å²) >= 11 is 3.60. The van der Waals surface area contributed by atoms with Crippen LogP contribution in [0.4, 0.5) is 0 Å². The Morgan fingerprint density at radius 3 is 1.50 bits per heavy atom. The molecule has 6 heavy (non-hydrogen) atoms. The zero-order valence-corrected chi connectivity index (χ0v) is 5.25. The molecule has 0 spiro atoms. The molecule has 0 aromatic rings. The van der Waals surface area contributed by atoms with Gasteiger partial charge in [0.15, 0.2) is 0 Å². The predicted octanol–water partition coefficient (Wildman–Crippen LogP) is 1.65. The monoisotopic (exact) mass is 106 g/mol. The fourth-order valence-corrected chi connectivity index (χ4v) is 0. The standard InChI is InChI=1S/C4H10OS/c1-4(2,3)5-6/h6H,1-3H3. The zero-order valence-electron chi connectivity index (χ0n) is 4.36. The summed E-state index contributed by atoms with van der Waals surface area (Å²) in [5.74, 6) is 0. The fourth-order valence-electron chi connectivity index (χ4n) is 0. The van der Waals surface area contributed by atoms with Crippen LogP contribution in [0.2, 0.25) is 0 Å². The molecule has 0 atom stereocenters. The van der Waals surface area contributed by atoms with Crippen LogP contribution in [-0.2, 0) is 4.18 Å². The van der Waals surface area contributed by atoms with Crippen molar-refractivity contribution in [2.45, 2.75) is 26.4 Å². The molecule has 0 aromatic heterocycles. The van der Waals surface area contributed by atoms with Gasteiger partial charge in [-0.3, -0.25) is 0 Å². The molecule has 0 aliphatic heterocycles. The molecule has 0 amide bonds. The first-order chi connectivity index (χ1) is 2.56. The van der Waals surface area contributed by atoms with Crippen LogP contribution < -0.4 is 0 Å². The lowest BCUT2D eigenvalue weighted by Crippen LogP contribution is -2.12. The van der Waals surface area contributed by atoms with Crippen LogP contribution in [0.25, 0.3) is 0 Å². The molecule has 0 rings (SSSR count). The van der Waals surface area contributed by atoms with Gasteiger partial charge in [-0.1, -0.05) is 0 Å². The summed E-state index contributed by atoms with van der Waals surface area (Å²) in [6.45, 7) is 5.83. The van der Waals surface area contributed by atoms with Crippen molar-refractivity contribution >= 4 is 12.9 Å². The van der Waals surface area contributed by atoms with E-state index in [2.05, 4.69) is 17.1 Å². The molecule has 2 heteroatoms. The molecule has 0 radical (unpaired) electrons. The van der Waals surface area contributed by atoms with E-state index in [0.717, 1.165) is 0 Å². The average Bonchev–Trinajstić information content (AvgIpc) is 1.35. The summed E-state index contributed by atoms with van der Waals surface area (Å²) < 4.78 is 4.63. The lowest BCUT2D eigenvalue weighted by atomic mass is 10.2. The maximum absolute atomic E-state index is 4.63. The highest BCUT2D eigenvalue weighted by Gasteiger charge is 2.05. The quantitative estimate of drug-likeness (QED) is 0.365. The third-order valence-corrected chi connectivity index (χ3v) is 0.822. The number of hydrogen-bond donors (Lipinski definition) is 1. The normalized spacial score (nSPS) is 12.0. The molecule has 0 N–H and O–H groups in total. The first-order valence-electron chi connectivity index (χ1n) is 1.89. The Morgan fingerprint density at radius 1 is 1.33 bits per heavy atom. The Hall–Kier alpha value is 0.310. The lowest BCUT2D eigenvalue weighted by molar-refractivity contribution is 0.169. The van der Waals surface area contributed by atoms with Gasteiger partial charge in [-0.2, -0.15) is 0 Å². The van der Waals surface area contributed by atoms with Crippen molar-refractivity contribution in [3.63, 3.8) is 0 Å². The van der Waals surface area contributed by atoms with Crippen molar-refractivity contribution in [1.29, 1.82) is 0 Å². The van der Waals surface area contributed by atoms with E-state index in [1.54, 1.807) is 0 Å². The maximum atomic E-state index is 4.63. The van der Waals surface area contributed by atoms with Gasteiger partial charge in [-0.25, -0.2) is 0 Å². The van der Waals surface area contributed by atoms with Crippen molar-refractivity contribution < 1.29 is 4.18 Å². The minimum absolute atomic E-state index is 0.0941. The van der Waals surface area contributed by atoms with E-state index < -0.39 is 0 Å². The molecule has 0 bridgehead atoms. The van der Waals surface area contributed by atoms with Crippen LogP contribution >= 0.6 is 12.9 Å². The van der Waals surface area contributed by atoms with Gasteiger partial charge in [-0.15, -0.1) is 0 Å². The molecular weight excluding hydrogens is 96.1 g/mol. The SMILES string of the molecule is CC(C)(C)OS. The van der Waals surface area contributed by atoms with Crippen LogP contribution in [0.1, 0.15) is 20.8 Å². The Bertz CT molecular complexity index is 37.3.